The highest BCUT2D eigenvalue weighted by molar-refractivity contribution is 7.99. The molecule has 0 aromatic rings. The van der Waals surface area contributed by atoms with Gasteiger partial charge in [-0.3, -0.25) is 4.79 Å². The number of nitrogens with two attached hydrogens (primary N) is 1. The molecule has 3 N–H and O–H groups in total. The molecule has 0 heterocycles. The molecule has 3 unspecified atom stereocenters. The summed E-state index contributed by atoms with van der Waals surface area (Å²) in [5, 5.41) is 3.79. The van der Waals surface area contributed by atoms with Crippen LogP contribution in [0.2, 0.25) is 0 Å². The first-order valence-corrected chi connectivity index (χ1v) is 7.40. The van der Waals surface area contributed by atoms with Gasteiger partial charge >= 0.3 is 0 Å². The lowest BCUT2D eigenvalue weighted by atomic mass is 10.0. The maximum atomic E-state index is 11.8. The van der Waals surface area contributed by atoms with Gasteiger partial charge in [-0.1, -0.05) is 13.8 Å². The zero-order valence-corrected chi connectivity index (χ0v) is 11.3. The third-order valence-electron chi connectivity index (χ3n) is 3.13. The first-order chi connectivity index (χ1) is 7.52. The number of rotatable bonds is 5. The number of amides is 1. The number of thioether (sulfide) groups is 1. The van der Waals surface area contributed by atoms with Crippen LogP contribution in [-0.2, 0) is 4.79 Å². The van der Waals surface area contributed by atoms with Gasteiger partial charge in [-0.2, -0.15) is 11.8 Å². The second-order valence-electron chi connectivity index (χ2n) is 5.11. The summed E-state index contributed by atoms with van der Waals surface area (Å²) in [4.78, 5) is 11.8. The van der Waals surface area contributed by atoms with Crippen molar-refractivity contribution in [1.82, 2.24) is 5.32 Å². The van der Waals surface area contributed by atoms with E-state index in [9.17, 15) is 4.79 Å². The molecular formula is C12H24N2OS. The van der Waals surface area contributed by atoms with Crippen LogP contribution in [-0.4, -0.2) is 29.5 Å². The zero-order chi connectivity index (χ0) is 12.1. The molecule has 1 amide bonds. The molecule has 0 bridgehead atoms. The number of hydrogen-bond acceptors (Lipinski definition) is 3. The van der Waals surface area contributed by atoms with Crippen LogP contribution < -0.4 is 11.1 Å². The van der Waals surface area contributed by atoms with E-state index in [1.807, 2.05) is 11.8 Å². The van der Waals surface area contributed by atoms with Gasteiger partial charge in [0.05, 0.1) is 6.04 Å². The lowest BCUT2D eigenvalue weighted by Gasteiger charge is -2.18. The maximum absolute atomic E-state index is 11.8. The van der Waals surface area contributed by atoms with Crippen LogP contribution in [0, 0.1) is 5.92 Å². The summed E-state index contributed by atoms with van der Waals surface area (Å²) in [6.07, 6.45) is 6.32. The highest BCUT2D eigenvalue weighted by Gasteiger charge is 2.26. The Morgan fingerprint density at radius 2 is 2.19 bits per heavy atom. The summed E-state index contributed by atoms with van der Waals surface area (Å²) in [6.45, 7) is 4.18. The van der Waals surface area contributed by atoms with Crippen molar-refractivity contribution in [2.45, 2.75) is 56.9 Å². The maximum Gasteiger partial charge on any atom is 0.237 e. The van der Waals surface area contributed by atoms with Gasteiger partial charge in [0.25, 0.3) is 0 Å². The van der Waals surface area contributed by atoms with Crippen molar-refractivity contribution < 1.29 is 4.79 Å². The summed E-state index contributed by atoms with van der Waals surface area (Å²) >= 11 is 1.90. The van der Waals surface area contributed by atoms with Crippen molar-refractivity contribution in [1.29, 1.82) is 0 Å². The molecule has 0 aliphatic heterocycles. The zero-order valence-electron chi connectivity index (χ0n) is 10.5. The Bertz CT molecular complexity index is 233. The summed E-state index contributed by atoms with van der Waals surface area (Å²) in [5.74, 6) is 0.503. The van der Waals surface area contributed by atoms with Crippen molar-refractivity contribution in [3.05, 3.63) is 0 Å². The largest absolute Gasteiger partial charge is 0.352 e. The van der Waals surface area contributed by atoms with Gasteiger partial charge in [-0.15, -0.1) is 0 Å². The highest BCUT2D eigenvalue weighted by atomic mass is 32.2. The van der Waals surface area contributed by atoms with Crippen LogP contribution in [0.15, 0.2) is 0 Å². The van der Waals surface area contributed by atoms with Crippen LogP contribution in [0.3, 0.4) is 0 Å². The van der Waals surface area contributed by atoms with E-state index in [0.717, 1.165) is 19.3 Å². The molecular weight excluding hydrogens is 220 g/mol. The monoisotopic (exact) mass is 244 g/mol. The van der Waals surface area contributed by atoms with Crippen LogP contribution in [0.4, 0.5) is 0 Å². The molecule has 4 heteroatoms. The molecule has 1 fully saturated rings. The molecule has 0 aromatic carbocycles. The van der Waals surface area contributed by atoms with Crippen LogP contribution >= 0.6 is 11.8 Å². The Labute approximate surface area is 103 Å². The van der Waals surface area contributed by atoms with Gasteiger partial charge < -0.3 is 11.1 Å². The highest BCUT2D eigenvalue weighted by Crippen LogP contribution is 2.28. The summed E-state index contributed by atoms with van der Waals surface area (Å²) in [7, 11) is 0. The Morgan fingerprint density at radius 1 is 1.50 bits per heavy atom. The molecule has 3 atom stereocenters. The molecule has 0 saturated heterocycles. The summed E-state index contributed by atoms with van der Waals surface area (Å²) < 4.78 is 0. The Balaban J connectivity index is 2.29. The molecule has 1 saturated carbocycles. The van der Waals surface area contributed by atoms with Gasteiger partial charge in [0.15, 0.2) is 0 Å². The van der Waals surface area contributed by atoms with Gasteiger partial charge in [0, 0.05) is 11.3 Å². The molecule has 94 valence electrons. The minimum atomic E-state index is -0.340. The standard InChI is InChI=1S/C12H24N2OS/c1-8(2)6-11(13)12(15)14-9-4-5-10(7-9)16-3/h8-11H,4-7,13H2,1-3H3,(H,14,15). The first kappa shape index (κ1) is 13.8. The van der Waals surface area contributed by atoms with Crippen molar-refractivity contribution in [3.63, 3.8) is 0 Å². The SMILES string of the molecule is CSC1CCC(NC(=O)C(N)CC(C)C)C1. The summed E-state index contributed by atoms with van der Waals surface area (Å²) in [5.41, 5.74) is 5.85. The van der Waals surface area contributed by atoms with E-state index in [0.29, 0.717) is 17.2 Å². The molecule has 1 rings (SSSR count). The Kier molecular flexibility index (Phi) is 5.62. The van der Waals surface area contributed by atoms with E-state index < -0.39 is 0 Å². The van der Waals surface area contributed by atoms with E-state index in [4.69, 9.17) is 5.73 Å². The van der Waals surface area contributed by atoms with Crippen LogP contribution in [0.25, 0.3) is 0 Å². The van der Waals surface area contributed by atoms with E-state index >= 15 is 0 Å². The third-order valence-corrected chi connectivity index (χ3v) is 4.22. The van der Waals surface area contributed by atoms with Crippen molar-refractivity contribution in [3.8, 4) is 0 Å². The van der Waals surface area contributed by atoms with E-state index in [2.05, 4.69) is 25.4 Å². The number of hydrogen-bond donors (Lipinski definition) is 2. The fraction of sp³-hybridized carbons (Fsp3) is 0.917. The fourth-order valence-electron chi connectivity index (χ4n) is 2.21. The van der Waals surface area contributed by atoms with Crippen molar-refractivity contribution in [2.24, 2.45) is 11.7 Å². The second kappa shape index (κ2) is 6.50. The minimum absolute atomic E-state index is 0.0282. The van der Waals surface area contributed by atoms with Crippen LogP contribution in [0.5, 0.6) is 0 Å². The summed E-state index contributed by atoms with van der Waals surface area (Å²) in [6, 6.07) is 0.0106. The molecule has 0 aromatic heterocycles. The minimum Gasteiger partial charge on any atom is -0.352 e. The number of carbonyl (C=O) groups is 1. The smallest absolute Gasteiger partial charge is 0.237 e. The lowest BCUT2D eigenvalue weighted by Crippen LogP contribution is -2.45. The number of carbonyl (C=O) groups excluding carboxylic acids is 1. The molecule has 3 nitrogen and oxygen atoms in total. The van der Waals surface area contributed by atoms with E-state index in [1.165, 1.54) is 6.42 Å². The molecule has 0 radical (unpaired) electrons. The lowest BCUT2D eigenvalue weighted by molar-refractivity contribution is -0.123. The van der Waals surface area contributed by atoms with E-state index in [1.54, 1.807) is 0 Å². The second-order valence-corrected chi connectivity index (χ2v) is 6.25. The normalized spacial score (nSPS) is 27.1. The Morgan fingerprint density at radius 3 is 2.69 bits per heavy atom. The molecule has 1 aliphatic rings. The average Bonchev–Trinajstić information content (AvgIpc) is 2.64. The van der Waals surface area contributed by atoms with Crippen molar-refractivity contribution >= 4 is 17.7 Å². The molecule has 1 aliphatic carbocycles. The van der Waals surface area contributed by atoms with Gasteiger partial charge in [0.2, 0.25) is 5.91 Å². The first-order valence-electron chi connectivity index (χ1n) is 6.11. The predicted octanol–water partition coefficient (Wildman–Crippen LogP) is 1.76. The van der Waals surface area contributed by atoms with Gasteiger partial charge in [0.1, 0.15) is 0 Å². The van der Waals surface area contributed by atoms with Crippen molar-refractivity contribution in [2.75, 3.05) is 6.26 Å². The van der Waals surface area contributed by atoms with E-state index in [-0.39, 0.29) is 11.9 Å². The number of nitrogens with one attached hydrogen (secondary N) is 1. The van der Waals surface area contributed by atoms with Gasteiger partial charge in [-0.05, 0) is 37.9 Å². The Hall–Kier alpha value is -0.220. The predicted molar refractivity (Wildman–Crippen MR) is 70.5 cm³/mol. The van der Waals surface area contributed by atoms with Crippen LogP contribution in [0.1, 0.15) is 39.5 Å². The fourth-order valence-corrected chi connectivity index (χ4v) is 3.00. The topological polar surface area (TPSA) is 55.1 Å². The third kappa shape index (κ3) is 4.34. The van der Waals surface area contributed by atoms with Gasteiger partial charge in [-0.25, -0.2) is 0 Å². The molecule has 0 spiro atoms. The quantitative estimate of drug-likeness (QED) is 0.775. The average molecular weight is 244 g/mol. The molecule has 16 heavy (non-hydrogen) atoms.